The van der Waals surface area contributed by atoms with Gasteiger partial charge in [-0.05, 0) is 146 Å². The van der Waals surface area contributed by atoms with Crippen LogP contribution in [0, 0.1) is 62.1 Å². The first-order valence-corrected chi connectivity index (χ1v) is 45.8. The molecule has 134 heavy (non-hydrogen) atoms. The number of urea groups is 1. The predicted molar refractivity (Wildman–Crippen MR) is 494 cm³/mol. The fraction of sp³-hybridized carbons (Fsp3) is 0.653. The summed E-state index contributed by atoms with van der Waals surface area (Å²) in [4.78, 5) is 214. The highest BCUT2D eigenvalue weighted by Crippen LogP contribution is 2.34. The molecule has 14 N–H and O–H groups in total. The molecule has 3 aromatic rings. The fourth-order valence-corrected chi connectivity index (χ4v) is 12.4. The number of benzene rings is 2. The van der Waals surface area contributed by atoms with Crippen LogP contribution in [0.2, 0.25) is 0 Å². The van der Waals surface area contributed by atoms with E-state index in [1.165, 1.54) is 37.7 Å². The van der Waals surface area contributed by atoms with E-state index in [2.05, 4.69) is 52.5 Å². The smallest absolute Gasteiger partial charge is 0.359 e. The minimum atomic E-state index is -1.36. The molecule has 4 atom stereocenters. The van der Waals surface area contributed by atoms with Crippen molar-refractivity contribution in [1.29, 1.82) is 0 Å². The van der Waals surface area contributed by atoms with Gasteiger partial charge in [0, 0.05) is 77.3 Å². The van der Waals surface area contributed by atoms with E-state index in [0.29, 0.717) is 115 Å². The predicted octanol–water partition coefficient (Wildman–Crippen LogP) is 11.8. The van der Waals surface area contributed by atoms with Gasteiger partial charge in [-0.25, -0.2) is 43.7 Å². The van der Waals surface area contributed by atoms with Gasteiger partial charge in [-0.1, -0.05) is 155 Å². The lowest BCUT2D eigenvalue weighted by molar-refractivity contribution is -0.298. The molecule has 39 nitrogen and oxygen atoms in total. The summed E-state index contributed by atoms with van der Waals surface area (Å²) in [7, 11) is 1.40. The van der Waals surface area contributed by atoms with E-state index in [-0.39, 0.29) is 129 Å². The van der Waals surface area contributed by atoms with Crippen molar-refractivity contribution in [2.24, 2.45) is 62.1 Å². The number of rotatable bonds is 44. The Balaban J connectivity index is 0.000000808. The van der Waals surface area contributed by atoms with Crippen molar-refractivity contribution in [2.75, 3.05) is 78.2 Å². The van der Waals surface area contributed by atoms with Crippen LogP contribution in [-0.2, 0) is 87.9 Å². The van der Waals surface area contributed by atoms with Crippen molar-refractivity contribution in [3.63, 3.8) is 0 Å². The summed E-state index contributed by atoms with van der Waals surface area (Å²) in [5.41, 5.74) is -2.30. The van der Waals surface area contributed by atoms with Gasteiger partial charge in [0.15, 0.2) is 11.4 Å². The highest BCUT2D eigenvalue weighted by molar-refractivity contribution is 6.03. The summed E-state index contributed by atoms with van der Waals surface area (Å²) in [5.74, 6) is -11.0. The number of aliphatic carboxylic acids is 4. The van der Waals surface area contributed by atoms with E-state index in [9.17, 15) is 96.8 Å². The maximum absolute atomic E-state index is 12.5. The highest BCUT2D eigenvalue weighted by Gasteiger charge is 2.39. The minimum absolute atomic E-state index is 0.0296. The molecule has 6 rings (SSSR count). The second-order valence-electron chi connectivity index (χ2n) is 36.4. The first-order chi connectivity index (χ1) is 62.7. The summed E-state index contributed by atoms with van der Waals surface area (Å²) in [6, 6.07) is 11.1. The van der Waals surface area contributed by atoms with Crippen LogP contribution in [0.25, 0.3) is 0 Å². The second kappa shape index (κ2) is 60.5. The molecule has 3 saturated carbocycles. The zero-order chi connectivity index (χ0) is 102. The molecule has 0 saturated heterocycles. The van der Waals surface area contributed by atoms with Gasteiger partial charge >= 0.3 is 59.8 Å². The number of hydrogen-bond donors (Lipinski definition) is 14. The maximum Gasteiger partial charge on any atom is 0.359 e. The average Bonchev–Trinajstić information content (AvgIpc) is 0.876. The third-order valence-corrected chi connectivity index (χ3v) is 24.2. The first-order valence-electron chi connectivity index (χ1n) is 45.8. The standard InChI is InChI=1S/C22H32N2O4.C17H23NO6.C16H28N2O4.C14H19N3O5.C14H24N2O4.C12H22O6/c1-4-22(2,3)21(28)24-18-12-8-5-9-15(18)13-14-23-19(25)16-10-6-7-11-17(16)20(26)27;1-5-17(2,3)16(22)18-8-9-24-15(21)12-7-6-11(23-4)10-13(12)14(19)20;1-4-16(2,3)15(22)18-10-9-17-13(19)11-7-5-6-8-12(11)14(20)21;1-4-14(2,3)13(21)17-7-8-22-12(20)10-9(11(18)19)15-5-6-16-10;1-4-14(2,3)12(19)16-13(20)15-10-7-5-9(6-8-10)11(17)18;1-4-12(2,3)11(15)16-8-9-18-17-7-5-6-10(13)14/h5,8-9,12,16-17H,4,6-7,10-11,13-14H2,1-3H3,(H,23,25)(H,24,28)(H,26,27);6-7,10H,5,8-9H2,1-4H3,(H,18,22)(H,19,20);11-12H,4-10H2,1-3H3,(H,17,19)(H,18,22)(H,20,21);5-6H,4,7-8H2,1-3H3,(H,17,21)(H,18,19);9-10H,4-8H2,1-3H3,(H,17,18)(H2,15,16,19,20);4-9H2,1-3H3,(H,13,14). The molecule has 0 radical (unpaired) electrons. The van der Waals surface area contributed by atoms with E-state index in [1.54, 1.807) is 13.8 Å². The Labute approximate surface area is 785 Å². The van der Waals surface area contributed by atoms with Crippen LogP contribution in [0.4, 0.5) is 10.5 Å². The van der Waals surface area contributed by atoms with Crippen LogP contribution >= 0.6 is 0 Å². The van der Waals surface area contributed by atoms with Crippen molar-refractivity contribution in [3.8, 4) is 5.75 Å². The molecule has 3 aliphatic carbocycles. The number of esters is 3. The van der Waals surface area contributed by atoms with E-state index in [4.69, 9.17) is 44.0 Å². The van der Waals surface area contributed by atoms with Crippen molar-refractivity contribution < 1.29 is 141 Å². The molecular formula is C95H148N10O29. The number of carbonyl (C=O) groups is 17. The molecule has 3 aliphatic rings. The Morgan fingerprint density at radius 2 is 0.843 bits per heavy atom. The third-order valence-electron chi connectivity index (χ3n) is 24.2. The first kappa shape index (κ1) is 120. The van der Waals surface area contributed by atoms with Crippen molar-refractivity contribution >= 4 is 107 Å². The number of carbonyl (C=O) groups excluding carboxylic acids is 11. The SMILES string of the molecule is CCC(C)(C)C(=O)NC(=O)NC1CCC(C(=O)O)CC1.CCC(C)(C)C(=O)NCCNC(=O)C1CCCCC1C(=O)O.CCC(C)(C)C(=O)NCCOC(=O)c1ccc(OC)cc1C(=O)O.CCC(C)(C)C(=O)NCCOC(=O)c1nccnc1C(=O)O.CCC(C)(C)C(=O)Nc1ccccc1CCNC(=O)C1CCCCC1C(=O)O.CCC(C)(C)C(=O)OCCOOCCCC(=O)O. The molecule has 0 bridgehead atoms. The Bertz CT molecular complexity index is 4350. The number of carboxylic acid groups (broad SMARTS) is 6. The van der Waals surface area contributed by atoms with Gasteiger partial charge in [-0.2, -0.15) is 0 Å². The molecule has 752 valence electrons. The van der Waals surface area contributed by atoms with Gasteiger partial charge in [0.2, 0.25) is 41.4 Å². The number of carboxylic acids is 6. The van der Waals surface area contributed by atoms with Crippen LogP contribution in [0.3, 0.4) is 0 Å². The Morgan fingerprint density at radius 3 is 1.30 bits per heavy atom. The molecule has 9 amide bonds. The van der Waals surface area contributed by atoms with E-state index >= 15 is 0 Å². The van der Waals surface area contributed by atoms with E-state index < -0.39 is 116 Å². The van der Waals surface area contributed by atoms with Gasteiger partial charge < -0.3 is 86.8 Å². The van der Waals surface area contributed by atoms with Crippen molar-refractivity contribution in [3.05, 3.63) is 82.9 Å². The van der Waals surface area contributed by atoms with Gasteiger partial charge in [-0.15, -0.1) is 0 Å². The van der Waals surface area contributed by atoms with Crippen LogP contribution in [-0.4, -0.2) is 221 Å². The molecular weight excluding hydrogens is 1750 g/mol. The quantitative estimate of drug-likeness (QED) is 0.00822. The topological polar surface area (TPSA) is 589 Å². The minimum Gasteiger partial charge on any atom is -0.497 e. The molecule has 2 aromatic carbocycles. The summed E-state index contributed by atoms with van der Waals surface area (Å²) in [5, 5.41) is 75.7. The number of imide groups is 1. The number of methoxy groups -OCH3 is 1. The number of anilines is 1. The van der Waals surface area contributed by atoms with Crippen LogP contribution < -0.4 is 47.3 Å². The van der Waals surface area contributed by atoms with Crippen molar-refractivity contribution in [2.45, 2.75) is 266 Å². The Kier molecular flexibility index (Phi) is 54.3. The summed E-state index contributed by atoms with van der Waals surface area (Å²) in [6.07, 6.45) is 15.9. The lowest BCUT2D eigenvalue weighted by atomic mass is 9.78. The van der Waals surface area contributed by atoms with Gasteiger partial charge in [0.25, 0.3) is 0 Å². The van der Waals surface area contributed by atoms with Gasteiger partial charge in [0.05, 0.1) is 72.9 Å². The monoisotopic (exact) mass is 1890 g/mol. The summed E-state index contributed by atoms with van der Waals surface area (Å²) < 4.78 is 19.9. The molecule has 1 aromatic heterocycles. The van der Waals surface area contributed by atoms with Crippen molar-refractivity contribution in [1.82, 2.24) is 47.2 Å². The molecule has 39 heteroatoms. The summed E-state index contributed by atoms with van der Waals surface area (Å²) in [6.45, 7) is 35.4. The number of nitrogens with zero attached hydrogens (tertiary/aromatic N) is 2. The maximum atomic E-state index is 12.5. The van der Waals surface area contributed by atoms with Crippen LogP contribution in [0.5, 0.6) is 5.75 Å². The lowest BCUT2D eigenvalue weighted by Gasteiger charge is -2.27. The van der Waals surface area contributed by atoms with Crippen LogP contribution in [0.1, 0.15) is 300 Å². The summed E-state index contributed by atoms with van der Waals surface area (Å²) >= 11 is 0. The number of aromatic nitrogens is 2. The number of aromatic carboxylic acids is 2. The normalized spacial score (nSPS) is 16.4. The van der Waals surface area contributed by atoms with Crippen LogP contribution in [0.15, 0.2) is 54.9 Å². The highest BCUT2D eigenvalue weighted by atomic mass is 17.2. The molecule has 0 spiro atoms. The van der Waals surface area contributed by atoms with Gasteiger partial charge in [-0.3, -0.25) is 62.9 Å². The molecule has 4 unspecified atom stereocenters. The second-order valence-corrected chi connectivity index (χ2v) is 36.4. The third kappa shape index (κ3) is 43.9. The molecule has 0 aliphatic heterocycles. The van der Waals surface area contributed by atoms with E-state index in [0.717, 1.165) is 49.8 Å². The molecule has 1 heterocycles. The van der Waals surface area contributed by atoms with E-state index in [1.807, 2.05) is 135 Å². The zero-order valence-electron chi connectivity index (χ0n) is 81.5. The number of hydrogen-bond acceptors (Lipinski definition) is 25. The Hall–Kier alpha value is -11.8. The van der Waals surface area contributed by atoms with Gasteiger partial charge in [0.1, 0.15) is 32.2 Å². The number of para-hydroxylation sites is 1. The fourth-order valence-electron chi connectivity index (χ4n) is 12.4. The lowest BCUT2D eigenvalue weighted by Crippen LogP contribution is -2.49. The molecule has 3 fully saturated rings. The Morgan fingerprint density at radius 1 is 0.410 bits per heavy atom. The number of ether oxygens (including phenoxy) is 4. The zero-order valence-corrected chi connectivity index (χ0v) is 81.5. The largest absolute Gasteiger partial charge is 0.497 e. The number of amides is 9. The average molecular weight is 1890 g/mol. The number of nitrogens with one attached hydrogen (secondary N) is 8.